The predicted molar refractivity (Wildman–Crippen MR) is 107 cm³/mol. The zero-order valence-corrected chi connectivity index (χ0v) is 17.3. The fraction of sp³-hybridized carbons (Fsp3) is 0.412. The molecule has 0 spiro atoms. The Kier molecular flexibility index (Phi) is 8.32. The van der Waals surface area contributed by atoms with Gasteiger partial charge in [0, 0.05) is 18.5 Å². The minimum atomic E-state index is -4.34. The van der Waals surface area contributed by atoms with Crippen LogP contribution in [0.25, 0.3) is 5.69 Å². The maximum Gasteiger partial charge on any atom is 0.397 e. The van der Waals surface area contributed by atoms with Gasteiger partial charge in [-0.25, -0.2) is 4.68 Å². The minimum absolute atomic E-state index is 0.0581. The molecule has 2 aromatic heterocycles. The number of hydrogen-bond donors (Lipinski definition) is 0. The van der Waals surface area contributed by atoms with Crippen molar-refractivity contribution in [1.82, 2.24) is 14.8 Å². The monoisotopic (exact) mass is 449 g/mol. The number of alkyl halides is 3. The lowest BCUT2D eigenvalue weighted by Crippen LogP contribution is -2.38. The van der Waals surface area contributed by atoms with Crippen molar-refractivity contribution in [2.75, 3.05) is 29.6 Å². The van der Waals surface area contributed by atoms with Gasteiger partial charge in [0.1, 0.15) is 12.3 Å². The van der Waals surface area contributed by atoms with Gasteiger partial charge in [0.05, 0.1) is 23.8 Å². The van der Waals surface area contributed by atoms with E-state index in [9.17, 15) is 18.0 Å². The third-order valence-electron chi connectivity index (χ3n) is 3.47. The summed E-state index contributed by atoms with van der Waals surface area (Å²) in [5.74, 6) is -1.97. The summed E-state index contributed by atoms with van der Waals surface area (Å²) >= 11 is 6.75. The second kappa shape index (κ2) is 10.5. The standard InChI is InChI=1S/C17H19ClF3N5O2S/c1-3-25(14-9-26(23-15(14)18)12-6-5-7-22-8-12)16(27)13(24-28-4-2)10-29-11-17(19,20)21/h5-9H,3-4,10-11H2,1-2H3/b24-13-. The molecule has 7 nitrogen and oxygen atoms in total. The van der Waals surface area contributed by atoms with E-state index in [1.165, 1.54) is 9.58 Å². The van der Waals surface area contributed by atoms with Crippen LogP contribution in [0.15, 0.2) is 35.9 Å². The van der Waals surface area contributed by atoms with E-state index >= 15 is 0 Å². The average Bonchev–Trinajstić information content (AvgIpc) is 3.06. The molecule has 0 aliphatic carbocycles. The van der Waals surface area contributed by atoms with Gasteiger partial charge < -0.3 is 9.74 Å². The lowest BCUT2D eigenvalue weighted by atomic mass is 10.3. The minimum Gasteiger partial charge on any atom is -0.396 e. The van der Waals surface area contributed by atoms with E-state index in [4.69, 9.17) is 16.4 Å². The highest BCUT2D eigenvalue weighted by Crippen LogP contribution is 2.27. The van der Waals surface area contributed by atoms with E-state index in [2.05, 4.69) is 15.2 Å². The van der Waals surface area contributed by atoms with Crippen LogP contribution in [-0.2, 0) is 9.63 Å². The molecular formula is C17H19ClF3N5O2S. The Hall–Kier alpha value is -2.27. The van der Waals surface area contributed by atoms with Crippen molar-refractivity contribution in [2.45, 2.75) is 20.0 Å². The van der Waals surface area contributed by atoms with Crippen molar-refractivity contribution in [1.29, 1.82) is 0 Å². The quantitative estimate of drug-likeness (QED) is 0.428. The van der Waals surface area contributed by atoms with Crippen LogP contribution in [0.5, 0.6) is 0 Å². The highest BCUT2D eigenvalue weighted by atomic mass is 35.5. The van der Waals surface area contributed by atoms with Crippen LogP contribution >= 0.6 is 23.4 Å². The molecule has 0 saturated heterocycles. The van der Waals surface area contributed by atoms with Gasteiger partial charge in [-0.3, -0.25) is 9.78 Å². The molecule has 12 heteroatoms. The third-order valence-corrected chi connectivity index (χ3v) is 4.75. The van der Waals surface area contributed by atoms with Crippen LogP contribution < -0.4 is 4.90 Å². The molecule has 0 bridgehead atoms. The molecule has 2 aromatic rings. The highest BCUT2D eigenvalue weighted by Gasteiger charge is 2.29. The molecule has 0 N–H and O–H groups in total. The number of carbonyl (C=O) groups is 1. The summed E-state index contributed by atoms with van der Waals surface area (Å²) in [7, 11) is 0. The van der Waals surface area contributed by atoms with Crippen LogP contribution in [0.1, 0.15) is 13.8 Å². The summed E-state index contributed by atoms with van der Waals surface area (Å²) in [4.78, 5) is 23.2. The molecular weight excluding hydrogens is 431 g/mol. The molecule has 0 fully saturated rings. The summed E-state index contributed by atoms with van der Waals surface area (Å²) < 4.78 is 38.8. The van der Waals surface area contributed by atoms with Crippen LogP contribution in [0.2, 0.25) is 5.15 Å². The number of aromatic nitrogens is 3. The zero-order valence-electron chi connectivity index (χ0n) is 15.7. The van der Waals surface area contributed by atoms with Crippen molar-refractivity contribution >= 4 is 40.7 Å². The molecule has 0 saturated carbocycles. The third kappa shape index (κ3) is 6.64. The van der Waals surface area contributed by atoms with Gasteiger partial charge in [-0.1, -0.05) is 16.8 Å². The van der Waals surface area contributed by atoms with Gasteiger partial charge >= 0.3 is 6.18 Å². The van der Waals surface area contributed by atoms with Crippen LogP contribution in [0.3, 0.4) is 0 Å². The van der Waals surface area contributed by atoms with Gasteiger partial charge in [-0.05, 0) is 26.0 Å². The number of rotatable bonds is 9. The van der Waals surface area contributed by atoms with Crippen molar-refractivity contribution in [3.05, 3.63) is 35.9 Å². The molecule has 2 rings (SSSR count). The number of halogens is 4. The van der Waals surface area contributed by atoms with E-state index in [1.54, 1.807) is 44.6 Å². The second-order valence-corrected chi connectivity index (χ2v) is 6.92. The molecule has 158 valence electrons. The number of oxime groups is 1. The van der Waals surface area contributed by atoms with Gasteiger partial charge in [-0.2, -0.15) is 18.3 Å². The normalized spacial score (nSPS) is 12.1. The van der Waals surface area contributed by atoms with Gasteiger partial charge in [-0.15, -0.1) is 11.8 Å². The Balaban J connectivity index is 2.25. The first-order valence-corrected chi connectivity index (χ1v) is 10.1. The molecule has 29 heavy (non-hydrogen) atoms. The number of amides is 1. The Labute approximate surface area is 174 Å². The fourth-order valence-corrected chi connectivity index (χ4v) is 3.19. The summed E-state index contributed by atoms with van der Waals surface area (Å²) in [5.41, 5.74) is 0.786. The van der Waals surface area contributed by atoms with Crippen molar-refractivity contribution in [3.8, 4) is 5.69 Å². The van der Waals surface area contributed by atoms with Crippen LogP contribution in [-0.4, -0.2) is 57.2 Å². The molecule has 0 radical (unpaired) electrons. The molecule has 0 atom stereocenters. The Bertz CT molecular complexity index is 845. The van der Waals surface area contributed by atoms with Crippen molar-refractivity contribution in [3.63, 3.8) is 0 Å². The smallest absolute Gasteiger partial charge is 0.396 e. The zero-order chi connectivity index (χ0) is 21.4. The first-order valence-electron chi connectivity index (χ1n) is 8.57. The number of thioether (sulfide) groups is 1. The van der Waals surface area contributed by atoms with Gasteiger partial charge in [0.25, 0.3) is 5.91 Å². The summed E-state index contributed by atoms with van der Waals surface area (Å²) in [5, 5.41) is 7.94. The molecule has 2 heterocycles. The first kappa shape index (κ1) is 23.0. The molecule has 0 aliphatic heterocycles. The number of hydrogen-bond acceptors (Lipinski definition) is 6. The lowest BCUT2D eigenvalue weighted by Gasteiger charge is -2.20. The molecule has 1 amide bonds. The van der Waals surface area contributed by atoms with Crippen LogP contribution in [0.4, 0.5) is 18.9 Å². The highest BCUT2D eigenvalue weighted by molar-refractivity contribution is 8.00. The Morgan fingerprint density at radius 2 is 2.17 bits per heavy atom. The van der Waals surface area contributed by atoms with Crippen molar-refractivity contribution in [2.24, 2.45) is 5.16 Å². The van der Waals surface area contributed by atoms with Gasteiger partial charge in [0.2, 0.25) is 0 Å². The number of nitrogens with zero attached hydrogens (tertiary/aromatic N) is 5. The number of anilines is 1. The molecule has 0 aliphatic rings. The SMILES string of the molecule is CCO/N=C(/CSCC(F)(F)F)C(=O)N(CC)c1cn(-c2cccnc2)nc1Cl. The van der Waals surface area contributed by atoms with Crippen LogP contribution in [0, 0.1) is 0 Å². The maximum absolute atomic E-state index is 12.9. The summed E-state index contributed by atoms with van der Waals surface area (Å²) in [6, 6.07) is 3.48. The number of carbonyl (C=O) groups excluding carboxylic acids is 1. The van der Waals surface area contributed by atoms with E-state index in [0.29, 0.717) is 23.1 Å². The molecule has 0 aromatic carbocycles. The van der Waals surface area contributed by atoms with Crippen molar-refractivity contribution < 1.29 is 22.8 Å². The Morgan fingerprint density at radius 3 is 2.76 bits per heavy atom. The fourth-order valence-electron chi connectivity index (χ4n) is 2.26. The lowest BCUT2D eigenvalue weighted by molar-refractivity contribution is -0.112. The Morgan fingerprint density at radius 1 is 1.41 bits per heavy atom. The first-order chi connectivity index (χ1) is 13.8. The average molecular weight is 450 g/mol. The van der Waals surface area contributed by atoms with E-state index < -0.39 is 17.8 Å². The topological polar surface area (TPSA) is 72.6 Å². The maximum atomic E-state index is 12.9. The largest absolute Gasteiger partial charge is 0.397 e. The van der Waals surface area contributed by atoms with E-state index in [-0.39, 0.29) is 29.8 Å². The van der Waals surface area contributed by atoms with E-state index in [1.807, 2.05) is 0 Å². The van der Waals surface area contributed by atoms with Gasteiger partial charge in [0.15, 0.2) is 10.9 Å². The van der Waals surface area contributed by atoms with E-state index in [0.717, 1.165) is 0 Å². The second-order valence-electron chi connectivity index (χ2n) is 5.57. The molecule has 0 unspecified atom stereocenters. The summed E-state index contributed by atoms with van der Waals surface area (Å²) in [6.07, 6.45) is 0.373. The number of pyridine rings is 1. The summed E-state index contributed by atoms with van der Waals surface area (Å²) in [6.45, 7) is 3.73. The predicted octanol–water partition coefficient (Wildman–Crippen LogP) is 3.96.